The van der Waals surface area contributed by atoms with Crippen LogP contribution < -0.4 is 10.6 Å². The highest BCUT2D eigenvalue weighted by Crippen LogP contribution is 2.19. The number of para-hydroxylation sites is 1. The van der Waals surface area contributed by atoms with Crippen molar-refractivity contribution < 1.29 is 9.59 Å². The first-order valence-electron chi connectivity index (χ1n) is 7.29. The molecule has 0 bridgehead atoms. The van der Waals surface area contributed by atoms with Crippen LogP contribution in [0.15, 0.2) is 30.5 Å². The van der Waals surface area contributed by atoms with Crippen LogP contribution in [0.3, 0.4) is 0 Å². The zero-order valence-corrected chi connectivity index (χ0v) is 12.2. The quantitative estimate of drug-likeness (QED) is 0.725. The number of nitrogens with one attached hydrogen (secondary N) is 3. The Bertz CT molecular complexity index is 619. The Morgan fingerprint density at radius 3 is 2.76 bits per heavy atom. The number of aromatic nitrogens is 1. The molecule has 2 aromatic rings. The second kappa shape index (κ2) is 7.47. The number of fused-ring (bicyclic) bond motifs is 1. The number of carbonyl (C=O) groups excluding carboxylic acids is 2. The van der Waals surface area contributed by atoms with Gasteiger partial charge in [-0.2, -0.15) is 0 Å². The van der Waals surface area contributed by atoms with Crippen LogP contribution in [-0.2, 0) is 16.0 Å². The van der Waals surface area contributed by atoms with Crippen LogP contribution in [0.2, 0.25) is 0 Å². The number of aryl methyl sites for hydroxylation is 1. The minimum atomic E-state index is -0.150. The molecule has 21 heavy (non-hydrogen) atoms. The lowest BCUT2D eigenvalue weighted by Gasteiger charge is -2.05. The maximum Gasteiger partial charge on any atom is 0.239 e. The van der Waals surface area contributed by atoms with Crippen molar-refractivity contribution in [3.63, 3.8) is 0 Å². The van der Waals surface area contributed by atoms with Crippen molar-refractivity contribution in [1.29, 1.82) is 0 Å². The highest BCUT2D eigenvalue weighted by Gasteiger charge is 2.06. The van der Waals surface area contributed by atoms with E-state index in [2.05, 4.69) is 21.7 Å². The maximum absolute atomic E-state index is 11.6. The molecule has 0 saturated heterocycles. The predicted octanol–water partition coefficient (Wildman–Crippen LogP) is 1.74. The molecule has 0 aliphatic heterocycles. The summed E-state index contributed by atoms with van der Waals surface area (Å²) in [6, 6.07) is 8.13. The first-order chi connectivity index (χ1) is 10.2. The van der Waals surface area contributed by atoms with Crippen LogP contribution in [-0.4, -0.2) is 29.9 Å². The molecule has 0 spiro atoms. The number of benzene rings is 1. The number of likely N-dealkylation sites (N-methyl/N-ethyl adjacent to an activating group) is 1. The molecule has 1 aromatic carbocycles. The van der Waals surface area contributed by atoms with Gasteiger partial charge in [-0.05, 0) is 31.4 Å². The van der Waals surface area contributed by atoms with Gasteiger partial charge in [-0.3, -0.25) is 9.59 Å². The summed E-state index contributed by atoms with van der Waals surface area (Å²) in [5.74, 6) is -0.233. The van der Waals surface area contributed by atoms with E-state index >= 15 is 0 Å². The number of amides is 2. The standard InChI is InChI=1S/C16H21N3O2/c1-2-17-16(21)11-19-15(20)9-5-6-12-10-18-14-8-4-3-7-13(12)14/h3-4,7-8,10,18H,2,5-6,9,11H2,1H3,(H,17,21)(H,19,20). The molecule has 5 nitrogen and oxygen atoms in total. The van der Waals surface area contributed by atoms with Crippen molar-refractivity contribution in [2.24, 2.45) is 0 Å². The van der Waals surface area contributed by atoms with Gasteiger partial charge in [0, 0.05) is 30.1 Å². The van der Waals surface area contributed by atoms with Crippen LogP contribution >= 0.6 is 0 Å². The van der Waals surface area contributed by atoms with Gasteiger partial charge in [-0.15, -0.1) is 0 Å². The summed E-state index contributed by atoms with van der Waals surface area (Å²) < 4.78 is 0. The van der Waals surface area contributed by atoms with Crippen LogP contribution in [0.25, 0.3) is 10.9 Å². The summed E-state index contributed by atoms with van der Waals surface area (Å²) in [5, 5.41) is 6.48. The van der Waals surface area contributed by atoms with Gasteiger partial charge < -0.3 is 15.6 Å². The molecule has 2 rings (SSSR count). The third-order valence-corrected chi connectivity index (χ3v) is 3.34. The number of aromatic amines is 1. The Kier molecular flexibility index (Phi) is 5.37. The fourth-order valence-electron chi connectivity index (χ4n) is 2.30. The first-order valence-corrected chi connectivity index (χ1v) is 7.29. The fourth-order valence-corrected chi connectivity index (χ4v) is 2.30. The highest BCUT2D eigenvalue weighted by molar-refractivity contribution is 5.85. The Balaban J connectivity index is 1.74. The van der Waals surface area contributed by atoms with Gasteiger partial charge in [0.2, 0.25) is 11.8 Å². The van der Waals surface area contributed by atoms with E-state index < -0.39 is 0 Å². The lowest BCUT2D eigenvalue weighted by atomic mass is 10.1. The largest absolute Gasteiger partial charge is 0.361 e. The molecule has 1 heterocycles. The Morgan fingerprint density at radius 2 is 1.95 bits per heavy atom. The molecule has 0 unspecified atom stereocenters. The summed E-state index contributed by atoms with van der Waals surface area (Å²) in [4.78, 5) is 26.1. The third-order valence-electron chi connectivity index (χ3n) is 3.34. The van der Waals surface area contributed by atoms with Crippen LogP contribution in [0.4, 0.5) is 0 Å². The second-order valence-corrected chi connectivity index (χ2v) is 4.94. The van der Waals surface area contributed by atoms with Gasteiger partial charge in [0.15, 0.2) is 0 Å². The Hall–Kier alpha value is -2.30. The van der Waals surface area contributed by atoms with E-state index in [-0.39, 0.29) is 18.4 Å². The van der Waals surface area contributed by atoms with E-state index in [0.29, 0.717) is 13.0 Å². The van der Waals surface area contributed by atoms with E-state index in [1.54, 1.807) is 0 Å². The zero-order valence-electron chi connectivity index (χ0n) is 12.2. The summed E-state index contributed by atoms with van der Waals surface area (Å²) in [5.41, 5.74) is 2.34. The van der Waals surface area contributed by atoms with Crippen LogP contribution in [0.5, 0.6) is 0 Å². The summed E-state index contributed by atoms with van der Waals surface area (Å²) in [6.45, 7) is 2.48. The van der Waals surface area contributed by atoms with Gasteiger partial charge in [0.1, 0.15) is 0 Å². The van der Waals surface area contributed by atoms with Crippen LogP contribution in [0, 0.1) is 0 Å². The number of carbonyl (C=O) groups is 2. The van der Waals surface area contributed by atoms with Crippen molar-refractivity contribution in [1.82, 2.24) is 15.6 Å². The normalized spacial score (nSPS) is 10.5. The van der Waals surface area contributed by atoms with Crippen molar-refractivity contribution in [3.8, 4) is 0 Å². The van der Waals surface area contributed by atoms with Crippen molar-refractivity contribution in [2.75, 3.05) is 13.1 Å². The van der Waals surface area contributed by atoms with E-state index in [1.807, 2.05) is 31.3 Å². The third kappa shape index (κ3) is 4.34. The molecule has 1 aromatic heterocycles. The molecular formula is C16H21N3O2. The van der Waals surface area contributed by atoms with Crippen molar-refractivity contribution >= 4 is 22.7 Å². The van der Waals surface area contributed by atoms with Gasteiger partial charge in [-0.1, -0.05) is 18.2 Å². The summed E-state index contributed by atoms with van der Waals surface area (Å²) in [7, 11) is 0. The Morgan fingerprint density at radius 1 is 1.14 bits per heavy atom. The molecule has 112 valence electrons. The molecule has 3 N–H and O–H groups in total. The number of hydrogen-bond acceptors (Lipinski definition) is 2. The molecule has 2 amide bonds. The van der Waals surface area contributed by atoms with Crippen molar-refractivity contribution in [3.05, 3.63) is 36.0 Å². The molecule has 0 radical (unpaired) electrons. The average Bonchev–Trinajstić information content (AvgIpc) is 2.89. The number of H-pyrrole nitrogens is 1. The monoisotopic (exact) mass is 287 g/mol. The van der Waals surface area contributed by atoms with E-state index in [1.165, 1.54) is 10.9 Å². The van der Waals surface area contributed by atoms with Gasteiger partial charge >= 0.3 is 0 Å². The molecule has 0 saturated carbocycles. The van der Waals surface area contributed by atoms with E-state index in [9.17, 15) is 9.59 Å². The average molecular weight is 287 g/mol. The minimum absolute atomic E-state index is 0.0553. The molecule has 5 heteroatoms. The van der Waals surface area contributed by atoms with Gasteiger partial charge in [0.25, 0.3) is 0 Å². The van der Waals surface area contributed by atoms with Crippen molar-refractivity contribution in [2.45, 2.75) is 26.2 Å². The first kappa shape index (κ1) is 15.1. The highest BCUT2D eigenvalue weighted by atomic mass is 16.2. The Labute approximate surface area is 124 Å². The van der Waals surface area contributed by atoms with Gasteiger partial charge in [0.05, 0.1) is 6.54 Å². The predicted molar refractivity (Wildman–Crippen MR) is 82.9 cm³/mol. The lowest BCUT2D eigenvalue weighted by Crippen LogP contribution is -2.36. The molecule has 0 fully saturated rings. The molecule has 0 atom stereocenters. The molecular weight excluding hydrogens is 266 g/mol. The second-order valence-electron chi connectivity index (χ2n) is 4.94. The zero-order chi connectivity index (χ0) is 15.1. The maximum atomic E-state index is 11.6. The minimum Gasteiger partial charge on any atom is -0.361 e. The van der Waals surface area contributed by atoms with E-state index in [0.717, 1.165) is 18.4 Å². The summed E-state index contributed by atoms with van der Waals surface area (Å²) in [6.07, 6.45) is 4.04. The summed E-state index contributed by atoms with van der Waals surface area (Å²) >= 11 is 0. The molecule has 0 aliphatic rings. The van der Waals surface area contributed by atoms with Gasteiger partial charge in [-0.25, -0.2) is 0 Å². The smallest absolute Gasteiger partial charge is 0.239 e. The topological polar surface area (TPSA) is 74.0 Å². The van der Waals surface area contributed by atoms with E-state index in [4.69, 9.17) is 0 Å². The van der Waals surface area contributed by atoms with Crippen LogP contribution in [0.1, 0.15) is 25.3 Å². The SMILES string of the molecule is CCNC(=O)CNC(=O)CCCc1c[nH]c2ccccc12. The molecule has 0 aliphatic carbocycles. The number of rotatable bonds is 7. The fraction of sp³-hybridized carbons (Fsp3) is 0.375. The lowest BCUT2D eigenvalue weighted by molar-refractivity contribution is -0.126. The number of hydrogen-bond donors (Lipinski definition) is 3.